The number of carboxylic acid groups (broad SMARTS) is 2. The smallest absolute Gasteiger partial charge is 0.404 e. The van der Waals surface area contributed by atoms with Crippen molar-refractivity contribution in [2.24, 2.45) is 0 Å². The highest BCUT2D eigenvalue weighted by Gasteiger charge is 1.94. The average molecular weight is 467 g/mol. The van der Waals surface area contributed by atoms with Crippen LogP contribution in [0.2, 0.25) is 0 Å². The molecule has 33 heavy (non-hydrogen) atoms. The Labute approximate surface area is 202 Å². The number of nitrogens with one attached hydrogen (secondary N) is 2. The first kappa shape index (κ1) is 32.9. The fraction of sp³-hybridized carbons (Fsp3) is 0.704. The van der Waals surface area contributed by atoms with E-state index in [1.807, 2.05) is 18.2 Å². The highest BCUT2D eigenvalue weighted by atomic mass is 16.4. The SMILES string of the molecule is CCCCCCCCCNC(=O)O.CCCCCCCCCNC(=O)O.Cc1ccccc1. The maximum atomic E-state index is 10.1. The lowest BCUT2D eigenvalue weighted by Crippen LogP contribution is -2.21. The Morgan fingerprint density at radius 1 is 0.606 bits per heavy atom. The Morgan fingerprint density at radius 2 is 0.939 bits per heavy atom. The monoisotopic (exact) mass is 466 g/mol. The summed E-state index contributed by atoms with van der Waals surface area (Å²) in [6.07, 6.45) is 15.3. The molecular formula is C27H50N2O4. The van der Waals surface area contributed by atoms with Crippen molar-refractivity contribution in [3.8, 4) is 0 Å². The second-order valence-corrected chi connectivity index (χ2v) is 8.36. The average Bonchev–Trinajstić information content (AvgIpc) is 2.78. The summed E-state index contributed by atoms with van der Waals surface area (Å²) in [6, 6.07) is 10.3. The molecule has 1 rings (SSSR count). The fourth-order valence-corrected chi connectivity index (χ4v) is 3.09. The van der Waals surface area contributed by atoms with Crippen LogP contribution >= 0.6 is 0 Å². The number of amides is 2. The lowest BCUT2D eigenvalue weighted by molar-refractivity contribution is 0.193. The van der Waals surface area contributed by atoms with Crippen molar-refractivity contribution >= 4 is 12.2 Å². The molecule has 0 unspecified atom stereocenters. The number of hydrogen-bond acceptors (Lipinski definition) is 2. The van der Waals surface area contributed by atoms with Gasteiger partial charge in [-0.2, -0.15) is 0 Å². The molecular weight excluding hydrogens is 416 g/mol. The van der Waals surface area contributed by atoms with Gasteiger partial charge in [0.2, 0.25) is 0 Å². The Kier molecular flexibility index (Phi) is 27.7. The van der Waals surface area contributed by atoms with E-state index >= 15 is 0 Å². The van der Waals surface area contributed by atoms with Gasteiger partial charge in [-0.1, -0.05) is 127 Å². The fourth-order valence-electron chi connectivity index (χ4n) is 3.09. The standard InChI is InChI=1S/2C10H21NO2.C7H8/c2*1-2-3-4-5-6-7-8-9-11-10(12)13;1-7-5-3-2-4-6-7/h2*11H,2-9H2,1H3,(H,12,13);2-6H,1H3. The summed E-state index contributed by atoms with van der Waals surface area (Å²) in [5, 5.41) is 21.3. The Balaban J connectivity index is 0. The summed E-state index contributed by atoms with van der Waals surface area (Å²) in [5.41, 5.74) is 1.32. The van der Waals surface area contributed by atoms with Crippen molar-refractivity contribution in [1.82, 2.24) is 10.6 Å². The van der Waals surface area contributed by atoms with E-state index in [0.29, 0.717) is 13.1 Å². The zero-order valence-corrected chi connectivity index (χ0v) is 21.4. The summed E-state index contributed by atoms with van der Waals surface area (Å²) in [7, 11) is 0. The zero-order chi connectivity index (χ0) is 25.0. The van der Waals surface area contributed by atoms with Gasteiger partial charge in [-0.15, -0.1) is 0 Å². The lowest BCUT2D eigenvalue weighted by atomic mass is 10.1. The Hall–Kier alpha value is -2.24. The van der Waals surface area contributed by atoms with Crippen molar-refractivity contribution in [2.75, 3.05) is 13.1 Å². The van der Waals surface area contributed by atoms with E-state index in [9.17, 15) is 9.59 Å². The molecule has 0 aliphatic heterocycles. The van der Waals surface area contributed by atoms with Crippen LogP contribution < -0.4 is 10.6 Å². The van der Waals surface area contributed by atoms with Crippen molar-refractivity contribution < 1.29 is 19.8 Å². The van der Waals surface area contributed by atoms with Crippen LogP contribution in [0.1, 0.15) is 109 Å². The van der Waals surface area contributed by atoms with E-state index in [2.05, 4.69) is 43.5 Å². The van der Waals surface area contributed by atoms with Gasteiger partial charge < -0.3 is 20.8 Å². The molecule has 0 saturated carbocycles. The van der Waals surface area contributed by atoms with Crippen LogP contribution in [-0.4, -0.2) is 35.5 Å². The molecule has 0 aromatic heterocycles. The molecule has 0 aliphatic carbocycles. The van der Waals surface area contributed by atoms with Gasteiger partial charge in [0.25, 0.3) is 0 Å². The number of rotatable bonds is 16. The minimum atomic E-state index is -0.911. The van der Waals surface area contributed by atoms with Gasteiger partial charge in [-0.25, -0.2) is 9.59 Å². The number of carbonyl (C=O) groups is 2. The summed E-state index contributed by atoms with van der Waals surface area (Å²) in [4.78, 5) is 20.1. The summed E-state index contributed by atoms with van der Waals surface area (Å²) in [5.74, 6) is 0. The van der Waals surface area contributed by atoms with Crippen LogP contribution in [0.5, 0.6) is 0 Å². The van der Waals surface area contributed by atoms with Gasteiger partial charge in [0.05, 0.1) is 0 Å². The van der Waals surface area contributed by atoms with Crippen molar-refractivity contribution in [1.29, 1.82) is 0 Å². The van der Waals surface area contributed by atoms with Crippen LogP contribution in [0.4, 0.5) is 9.59 Å². The first-order chi connectivity index (χ1) is 15.9. The molecule has 0 saturated heterocycles. The predicted octanol–water partition coefficient (Wildman–Crippen LogP) is 8.00. The third-order valence-corrected chi connectivity index (χ3v) is 5.05. The van der Waals surface area contributed by atoms with Gasteiger partial charge >= 0.3 is 12.2 Å². The first-order valence-corrected chi connectivity index (χ1v) is 12.9. The Bertz CT molecular complexity index is 508. The topological polar surface area (TPSA) is 98.7 Å². The van der Waals surface area contributed by atoms with E-state index in [4.69, 9.17) is 10.2 Å². The number of benzene rings is 1. The number of aryl methyl sites for hydroxylation is 1. The van der Waals surface area contributed by atoms with Crippen LogP contribution in [0.3, 0.4) is 0 Å². The van der Waals surface area contributed by atoms with Gasteiger partial charge in [0, 0.05) is 13.1 Å². The molecule has 1 aromatic carbocycles. The molecule has 192 valence electrons. The summed E-state index contributed by atoms with van der Waals surface area (Å²) in [6.45, 7) is 7.69. The number of hydrogen-bond donors (Lipinski definition) is 4. The second kappa shape index (κ2) is 27.8. The van der Waals surface area contributed by atoms with Gasteiger partial charge in [0.1, 0.15) is 0 Å². The minimum absolute atomic E-state index is 0.600. The van der Waals surface area contributed by atoms with Crippen LogP contribution in [-0.2, 0) is 0 Å². The molecule has 0 atom stereocenters. The van der Waals surface area contributed by atoms with Crippen LogP contribution in [0.25, 0.3) is 0 Å². The maximum absolute atomic E-state index is 10.1. The van der Waals surface area contributed by atoms with E-state index < -0.39 is 12.2 Å². The molecule has 0 bridgehead atoms. The van der Waals surface area contributed by atoms with Crippen LogP contribution in [0, 0.1) is 6.92 Å². The van der Waals surface area contributed by atoms with Gasteiger partial charge in [0.15, 0.2) is 0 Å². The number of unbranched alkanes of at least 4 members (excludes halogenated alkanes) is 12. The molecule has 2 amide bonds. The van der Waals surface area contributed by atoms with Crippen molar-refractivity contribution in [2.45, 2.75) is 111 Å². The third-order valence-electron chi connectivity index (χ3n) is 5.05. The molecule has 0 radical (unpaired) electrons. The molecule has 0 aliphatic rings. The Morgan fingerprint density at radius 3 is 1.21 bits per heavy atom. The molecule has 6 nitrogen and oxygen atoms in total. The highest BCUT2D eigenvalue weighted by Crippen LogP contribution is 2.06. The maximum Gasteiger partial charge on any atom is 0.404 e. The third kappa shape index (κ3) is 34.6. The van der Waals surface area contributed by atoms with E-state index in [1.54, 1.807) is 0 Å². The second-order valence-electron chi connectivity index (χ2n) is 8.36. The van der Waals surface area contributed by atoms with Gasteiger partial charge in [-0.05, 0) is 19.8 Å². The largest absolute Gasteiger partial charge is 0.465 e. The van der Waals surface area contributed by atoms with Crippen molar-refractivity contribution in [3.05, 3.63) is 35.9 Å². The molecule has 4 N–H and O–H groups in total. The normalized spacial score (nSPS) is 9.67. The van der Waals surface area contributed by atoms with Gasteiger partial charge in [-0.3, -0.25) is 0 Å². The highest BCUT2D eigenvalue weighted by molar-refractivity contribution is 5.64. The summed E-state index contributed by atoms with van der Waals surface area (Å²) >= 11 is 0. The quantitative estimate of drug-likeness (QED) is 0.185. The van der Waals surface area contributed by atoms with E-state index in [1.165, 1.54) is 69.8 Å². The lowest BCUT2D eigenvalue weighted by Gasteiger charge is -2.01. The summed E-state index contributed by atoms with van der Waals surface area (Å²) < 4.78 is 0. The predicted molar refractivity (Wildman–Crippen MR) is 139 cm³/mol. The van der Waals surface area contributed by atoms with Crippen molar-refractivity contribution in [3.63, 3.8) is 0 Å². The van der Waals surface area contributed by atoms with E-state index in [0.717, 1.165) is 25.7 Å². The molecule has 6 heteroatoms. The molecule has 0 heterocycles. The van der Waals surface area contributed by atoms with Crippen LogP contribution in [0.15, 0.2) is 30.3 Å². The zero-order valence-electron chi connectivity index (χ0n) is 21.4. The minimum Gasteiger partial charge on any atom is -0.465 e. The molecule has 0 fully saturated rings. The first-order valence-electron chi connectivity index (χ1n) is 12.9. The van der Waals surface area contributed by atoms with E-state index in [-0.39, 0.29) is 0 Å². The molecule has 0 spiro atoms. The molecule has 1 aromatic rings.